The van der Waals surface area contributed by atoms with Gasteiger partial charge in [0.2, 0.25) is 0 Å². The third-order valence-electron chi connectivity index (χ3n) is 2.94. The Labute approximate surface area is 73.2 Å². The zero-order valence-electron chi connectivity index (χ0n) is 7.12. The molecule has 0 spiro atoms. The molecule has 0 saturated heterocycles. The molecule has 0 atom stereocenters. The summed E-state index contributed by atoms with van der Waals surface area (Å²) in [6, 6.07) is 0. The first kappa shape index (κ1) is 8.51. The predicted octanol–water partition coefficient (Wildman–Crippen LogP) is 0.445. The lowest BCUT2D eigenvalue weighted by atomic mass is 10.00. The standard InChI is InChI=1S/C8H15NO2S/c9-8(4-5-8)6-12(10,11)7-2-1-3-7/h7H,1-6,9H2. The van der Waals surface area contributed by atoms with E-state index in [0.29, 0.717) is 0 Å². The maximum absolute atomic E-state index is 11.6. The summed E-state index contributed by atoms with van der Waals surface area (Å²) in [6.45, 7) is 0. The molecule has 0 radical (unpaired) electrons. The molecule has 2 aliphatic rings. The highest BCUT2D eigenvalue weighted by molar-refractivity contribution is 7.92. The highest BCUT2D eigenvalue weighted by atomic mass is 32.2. The van der Waals surface area contributed by atoms with Gasteiger partial charge < -0.3 is 5.73 Å². The zero-order chi connectivity index (χ0) is 8.82. The highest BCUT2D eigenvalue weighted by Gasteiger charge is 2.45. The minimum absolute atomic E-state index is 0.0569. The molecule has 2 saturated carbocycles. The van der Waals surface area contributed by atoms with Gasteiger partial charge in [0.25, 0.3) is 0 Å². The van der Waals surface area contributed by atoms with Gasteiger partial charge in [-0.2, -0.15) is 0 Å². The van der Waals surface area contributed by atoms with Crippen LogP contribution in [-0.2, 0) is 9.84 Å². The largest absolute Gasteiger partial charge is 0.324 e. The summed E-state index contributed by atoms with van der Waals surface area (Å²) in [5.74, 6) is 0.227. The number of hydrogen-bond acceptors (Lipinski definition) is 3. The van der Waals surface area contributed by atoms with Crippen LogP contribution in [0.25, 0.3) is 0 Å². The fourth-order valence-corrected chi connectivity index (χ4v) is 3.93. The van der Waals surface area contributed by atoms with Crippen LogP contribution in [0.3, 0.4) is 0 Å². The molecule has 0 aromatic carbocycles. The molecule has 0 aromatic heterocycles. The molecule has 4 heteroatoms. The van der Waals surface area contributed by atoms with E-state index in [1.54, 1.807) is 0 Å². The summed E-state index contributed by atoms with van der Waals surface area (Å²) < 4.78 is 23.2. The number of nitrogens with two attached hydrogens (primary N) is 1. The summed E-state index contributed by atoms with van der Waals surface area (Å²) in [5.41, 5.74) is 5.43. The Kier molecular flexibility index (Phi) is 1.74. The van der Waals surface area contributed by atoms with Crippen molar-refractivity contribution in [3.05, 3.63) is 0 Å². The molecular formula is C8H15NO2S. The average molecular weight is 189 g/mol. The lowest BCUT2D eigenvalue weighted by Crippen LogP contribution is -2.39. The van der Waals surface area contributed by atoms with Crippen molar-refractivity contribution < 1.29 is 8.42 Å². The first-order chi connectivity index (χ1) is 5.52. The molecule has 2 aliphatic carbocycles. The fourth-order valence-electron chi connectivity index (χ4n) is 1.55. The van der Waals surface area contributed by atoms with Crippen molar-refractivity contribution in [1.29, 1.82) is 0 Å². The molecule has 70 valence electrons. The van der Waals surface area contributed by atoms with E-state index in [-0.39, 0.29) is 16.5 Å². The van der Waals surface area contributed by atoms with Crippen molar-refractivity contribution in [2.75, 3.05) is 5.75 Å². The van der Waals surface area contributed by atoms with Crippen LogP contribution in [-0.4, -0.2) is 25.0 Å². The SMILES string of the molecule is NC1(CS(=O)(=O)C2CCC2)CC1. The first-order valence-electron chi connectivity index (χ1n) is 4.52. The molecule has 0 aromatic rings. The predicted molar refractivity (Wildman–Crippen MR) is 47.6 cm³/mol. The topological polar surface area (TPSA) is 60.2 Å². The van der Waals surface area contributed by atoms with E-state index in [0.717, 1.165) is 32.1 Å². The third kappa shape index (κ3) is 1.50. The zero-order valence-corrected chi connectivity index (χ0v) is 7.94. The molecule has 0 bridgehead atoms. The van der Waals surface area contributed by atoms with Gasteiger partial charge in [-0.3, -0.25) is 0 Å². The molecule has 0 amide bonds. The summed E-state index contributed by atoms with van der Waals surface area (Å²) >= 11 is 0. The minimum Gasteiger partial charge on any atom is -0.324 e. The van der Waals surface area contributed by atoms with Crippen LogP contribution in [0.4, 0.5) is 0 Å². The number of rotatable bonds is 3. The van der Waals surface area contributed by atoms with E-state index >= 15 is 0 Å². The monoisotopic (exact) mass is 189 g/mol. The minimum atomic E-state index is -2.84. The van der Waals surface area contributed by atoms with Crippen LogP contribution in [0.1, 0.15) is 32.1 Å². The first-order valence-corrected chi connectivity index (χ1v) is 6.24. The van der Waals surface area contributed by atoms with Crippen molar-refractivity contribution in [2.24, 2.45) is 5.73 Å². The third-order valence-corrected chi connectivity index (χ3v) is 5.41. The molecule has 0 unspecified atom stereocenters. The van der Waals surface area contributed by atoms with Crippen molar-refractivity contribution >= 4 is 9.84 Å². The molecule has 2 fully saturated rings. The van der Waals surface area contributed by atoms with Crippen molar-refractivity contribution in [3.63, 3.8) is 0 Å². The van der Waals surface area contributed by atoms with Gasteiger partial charge in [0.15, 0.2) is 9.84 Å². The van der Waals surface area contributed by atoms with Gasteiger partial charge in [0.05, 0.1) is 11.0 Å². The van der Waals surface area contributed by atoms with Crippen LogP contribution in [0, 0.1) is 0 Å². The van der Waals surface area contributed by atoms with E-state index in [9.17, 15) is 8.42 Å². The Bertz CT molecular complexity index is 275. The maximum Gasteiger partial charge on any atom is 0.154 e. The Balaban J connectivity index is 2.00. The van der Waals surface area contributed by atoms with Gasteiger partial charge in [-0.1, -0.05) is 6.42 Å². The second kappa shape index (κ2) is 2.45. The lowest BCUT2D eigenvalue weighted by Gasteiger charge is -2.26. The molecule has 0 heterocycles. The van der Waals surface area contributed by atoms with Crippen LogP contribution in [0.15, 0.2) is 0 Å². The Hall–Kier alpha value is -0.0900. The molecule has 3 nitrogen and oxygen atoms in total. The smallest absolute Gasteiger partial charge is 0.154 e. The summed E-state index contributed by atoms with van der Waals surface area (Å²) in [5, 5.41) is -0.0569. The summed E-state index contributed by atoms with van der Waals surface area (Å²) in [4.78, 5) is 0. The van der Waals surface area contributed by atoms with Gasteiger partial charge >= 0.3 is 0 Å². The second-order valence-electron chi connectivity index (χ2n) is 4.22. The summed E-state index contributed by atoms with van der Waals surface area (Å²) in [7, 11) is -2.84. The molecular weight excluding hydrogens is 174 g/mol. The van der Waals surface area contributed by atoms with Crippen molar-refractivity contribution in [2.45, 2.75) is 42.9 Å². The van der Waals surface area contributed by atoms with Crippen molar-refractivity contribution in [3.8, 4) is 0 Å². The molecule has 2 N–H and O–H groups in total. The van der Waals surface area contributed by atoms with Gasteiger partial charge in [0.1, 0.15) is 0 Å². The lowest BCUT2D eigenvalue weighted by molar-refractivity contribution is 0.473. The van der Waals surface area contributed by atoms with E-state index in [2.05, 4.69) is 0 Å². The Morgan fingerprint density at radius 2 is 1.92 bits per heavy atom. The van der Waals surface area contributed by atoms with Gasteiger partial charge in [0, 0.05) is 5.54 Å². The van der Waals surface area contributed by atoms with Crippen LogP contribution in [0.2, 0.25) is 0 Å². The fraction of sp³-hybridized carbons (Fsp3) is 1.00. The normalized spacial score (nSPS) is 28.1. The van der Waals surface area contributed by atoms with Gasteiger partial charge in [-0.05, 0) is 25.7 Å². The van der Waals surface area contributed by atoms with Crippen molar-refractivity contribution in [1.82, 2.24) is 0 Å². The van der Waals surface area contributed by atoms with E-state index in [1.807, 2.05) is 0 Å². The second-order valence-corrected chi connectivity index (χ2v) is 6.50. The molecule has 2 rings (SSSR count). The highest BCUT2D eigenvalue weighted by Crippen LogP contribution is 2.37. The van der Waals surface area contributed by atoms with E-state index in [1.165, 1.54) is 0 Å². The van der Waals surface area contributed by atoms with Crippen LogP contribution < -0.4 is 5.73 Å². The van der Waals surface area contributed by atoms with E-state index in [4.69, 9.17) is 5.73 Å². The molecule has 0 aliphatic heterocycles. The summed E-state index contributed by atoms with van der Waals surface area (Å²) in [6.07, 6.45) is 4.57. The van der Waals surface area contributed by atoms with Crippen LogP contribution >= 0.6 is 0 Å². The maximum atomic E-state index is 11.6. The van der Waals surface area contributed by atoms with Gasteiger partial charge in [-0.15, -0.1) is 0 Å². The van der Waals surface area contributed by atoms with Crippen LogP contribution in [0.5, 0.6) is 0 Å². The quantitative estimate of drug-likeness (QED) is 0.701. The molecule has 12 heavy (non-hydrogen) atoms. The van der Waals surface area contributed by atoms with Gasteiger partial charge in [-0.25, -0.2) is 8.42 Å². The average Bonchev–Trinajstić information content (AvgIpc) is 2.37. The Morgan fingerprint density at radius 1 is 1.33 bits per heavy atom. The number of hydrogen-bond donors (Lipinski definition) is 1. The van der Waals surface area contributed by atoms with E-state index < -0.39 is 9.84 Å². The number of sulfone groups is 1. The Morgan fingerprint density at radius 3 is 2.25 bits per heavy atom.